The van der Waals surface area contributed by atoms with Crippen LogP contribution in [0, 0.1) is 6.92 Å². The number of aryl methyl sites for hydroxylation is 1. The molecular weight excluding hydrogens is 256 g/mol. The van der Waals surface area contributed by atoms with E-state index >= 15 is 0 Å². The van der Waals surface area contributed by atoms with Crippen molar-refractivity contribution in [1.82, 2.24) is 0 Å². The Balaban J connectivity index is 1.79. The number of ether oxygens (including phenoxy) is 3. The normalized spacial score (nSPS) is 12.8. The fourth-order valence-electron chi connectivity index (χ4n) is 2.03. The second kappa shape index (κ2) is 5.25. The molecule has 0 amide bonds. The first kappa shape index (κ1) is 12.5. The zero-order chi connectivity index (χ0) is 13.9. The molecule has 0 fully saturated rings. The van der Waals surface area contributed by atoms with Gasteiger partial charge in [-0.15, -0.1) is 0 Å². The van der Waals surface area contributed by atoms with E-state index in [9.17, 15) is 4.79 Å². The average Bonchev–Trinajstić information content (AvgIpc) is 2.47. The Morgan fingerprint density at radius 2 is 1.85 bits per heavy atom. The van der Waals surface area contributed by atoms with Crippen LogP contribution in [0.15, 0.2) is 42.5 Å². The van der Waals surface area contributed by atoms with Gasteiger partial charge in [0.2, 0.25) is 0 Å². The second-order valence-corrected chi connectivity index (χ2v) is 4.56. The summed E-state index contributed by atoms with van der Waals surface area (Å²) >= 11 is 0. The Kier molecular flexibility index (Phi) is 3.29. The van der Waals surface area contributed by atoms with Gasteiger partial charge in [-0.25, -0.2) is 4.79 Å². The Bertz CT molecular complexity index is 649. The number of hydrogen-bond acceptors (Lipinski definition) is 4. The molecular formula is C16H14O4. The molecule has 0 spiro atoms. The highest BCUT2D eigenvalue weighted by Gasteiger charge is 2.14. The monoisotopic (exact) mass is 270 g/mol. The van der Waals surface area contributed by atoms with Gasteiger partial charge in [0.05, 0.1) is 5.56 Å². The molecule has 0 radical (unpaired) electrons. The van der Waals surface area contributed by atoms with Crippen molar-refractivity contribution >= 4 is 5.97 Å². The highest BCUT2D eigenvalue weighted by Crippen LogP contribution is 2.33. The molecule has 4 heteroatoms. The van der Waals surface area contributed by atoms with Gasteiger partial charge in [0, 0.05) is 6.07 Å². The van der Waals surface area contributed by atoms with Crippen molar-refractivity contribution in [3.05, 3.63) is 53.6 Å². The number of hydrogen-bond donors (Lipinski definition) is 0. The molecule has 3 rings (SSSR count). The van der Waals surface area contributed by atoms with Crippen LogP contribution in [0.5, 0.6) is 17.2 Å². The Morgan fingerprint density at radius 3 is 2.65 bits per heavy atom. The van der Waals surface area contributed by atoms with Crippen LogP contribution in [0.25, 0.3) is 0 Å². The quantitative estimate of drug-likeness (QED) is 0.621. The maximum atomic E-state index is 12.0. The standard InChI is InChI=1S/C16H14O4/c1-11-3-2-4-12(9-11)16(17)20-13-5-6-14-15(10-13)19-8-7-18-14/h2-6,9-10H,7-8H2,1H3. The number of esters is 1. The van der Waals surface area contributed by atoms with E-state index in [0.717, 1.165) is 5.56 Å². The van der Waals surface area contributed by atoms with Gasteiger partial charge in [-0.05, 0) is 31.2 Å². The van der Waals surface area contributed by atoms with Crippen LogP contribution in [0.2, 0.25) is 0 Å². The average molecular weight is 270 g/mol. The summed E-state index contributed by atoms with van der Waals surface area (Å²) in [5.41, 5.74) is 1.54. The third-order valence-corrected chi connectivity index (χ3v) is 2.98. The fraction of sp³-hybridized carbons (Fsp3) is 0.188. The van der Waals surface area contributed by atoms with E-state index in [1.54, 1.807) is 30.3 Å². The van der Waals surface area contributed by atoms with Gasteiger partial charge < -0.3 is 14.2 Å². The molecule has 0 N–H and O–H groups in total. The van der Waals surface area contributed by atoms with Gasteiger partial charge in [0.1, 0.15) is 19.0 Å². The Labute approximate surface area is 116 Å². The molecule has 20 heavy (non-hydrogen) atoms. The maximum Gasteiger partial charge on any atom is 0.343 e. The third-order valence-electron chi connectivity index (χ3n) is 2.98. The smallest absolute Gasteiger partial charge is 0.343 e. The van der Waals surface area contributed by atoms with Gasteiger partial charge in [0.15, 0.2) is 11.5 Å². The van der Waals surface area contributed by atoms with Gasteiger partial charge in [0.25, 0.3) is 0 Å². The molecule has 0 saturated heterocycles. The second-order valence-electron chi connectivity index (χ2n) is 4.56. The molecule has 0 aromatic heterocycles. The van der Waals surface area contributed by atoms with Crippen molar-refractivity contribution in [2.45, 2.75) is 6.92 Å². The van der Waals surface area contributed by atoms with E-state index in [1.807, 2.05) is 19.1 Å². The molecule has 0 aliphatic carbocycles. The highest BCUT2D eigenvalue weighted by atomic mass is 16.6. The van der Waals surface area contributed by atoms with Crippen LogP contribution >= 0.6 is 0 Å². The van der Waals surface area contributed by atoms with Crippen LogP contribution in [-0.2, 0) is 0 Å². The molecule has 1 heterocycles. The lowest BCUT2D eigenvalue weighted by Gasteiger charge is -2.18. The minimum atomic E-state index is -0.384. The van der Waals surface area contributed by atoms with Crippen LogP contribution in [0.4, 0.5) is 0 Å². The summed E-state index contributed by atoms with van der Waals surface area (Å²) in [6, 6.07) is 12.4. The zero-order valence-electron chi connectivity index (χ0n) is 11.1. The SMILES string of the molecule is Cc1cccc(C(=O)Oc2ccc3c(c2)OCCO3)c1. The van der Waals surface area contributed by atoms with Crippen molar-refractivity contribution < 1.29 is 19.0 Å². The van der Waals surface area contributed by atoms with E-state index in [4.69, 9.17) is 14.2 Å². The molecule has 0 bridgehead atoms. The third kappa shape index (κ3) is 2.59. The van der Waals surface area contributed by atoms with Gasteiger partial charge >= 0.3 is 5.97 Å². The number of fused-ring (bicyclic) bond motifs is 1. The number of carbonyl (C=O) groups excluding carboxylic acids is 1. The van der Waals surface area contributed by atoms with Gasteiger partial charge in [-0.1, -0.05) is 17.7 Å². The number of rotatable bonds is 2. The number of carbonyl (C=O) groups is 1. The van der Waals surface area contributed by atoms with Crippen LogP contribution in [-0.4, -0.2) is 19.2 Å². The summed E-state index contributed by atoms with van der Waals surface area (Å²) in [5.74, 6) is 1.34. The van der Waals surface area contributed by atoms with E-state index in [-0.39, 0.29) is 5.97 Å². The largest absolute Gasteiger partial charge is 0.486 e. The molecule has 2 aromatic rings. The van der Waals surface area contributed by atoms with Crippen molar-refractivity contribution in [3.63, 3.8) is 0 Å². The minimum absolute atomic E-state index is 0.384. The van der Waals surface area contributed by atoms with Crippen molar-refractivity contribution in [2.24, 2.45) is 0 Å². The van der Waals surface area contributed by atoms with Gasteiger partial charge in [-0.2, -0.15) is 0 Å². The van der Waals surface area contributed by atoms with E-state index in [0.29, 0.717) is 36.0 Å². The summed E-state index contributed by atoms with van der Waals surface area (Å²) in [7, 11) is 0. The van der Waals surface area contributed by atoms with Crippen molar-refractivity contribution in [2.75, 3.05) is 13.2 Å². The lowest BCUT2D eigenvalue weighted by Crippen LogP contribution is -2.15. The lowest BCUT2D eigenvalue weighted by molar-refractivity contribution is 0.0733. The lowest BCUT2D eigenvalue weighted by atomic mass is 10.1. The predicted molar refractivity (Wildman–Crippen MR) is 73.6 cm³/mol. The van der Waals surface area contributed by atoms with Crippen LogP contribution < -0.4 is 14.2 Å². The molecule has 0 saturated carbocycles. The highest BCUT2D eigenvalue weighted by molar-refractivity contribution is 5.91. The molecule has 4 nitrogen and oxygen atoms in total. The summed E-state index contributed by atoms with van der Waals surface area (Å²) < 4.78 is 16.2. The van der Waals surface area contributed by atoms with Crippen molar-refractivity contribution in [3.8, 4) is 17.2 Å². The first-order chi connectivity index (χ1) is 9.72. The first-order valence-electron chi connectivity index (χ1n) is 6.41. The molecule has 1 aliphatic heterocycles. The Hall–Kier alpha value is -2.49. The predicted octanol–water partition coefficient (Wildman–Crippen LogP) is 2.99. The number of benzene rings is 2. The Morgan fingerprint density at radius 1 is 1.05 bits per heavy atom. The molecule has 1 aliphatic rings. The van der Waals surface area contributed by atoms with Crippen LogP contribution in [0.1, 0.15) is 15.9 Å². The molecule has 0 unspecified atom stereocenters. The summed E-state index contributed by atoms with van der Waals surface area (Å²) in [6.07, 6.45) is 0. The summed E-state index contributed by atoms with van der Waals surface area (Å²) in [6.45, 7) is 2.97. The summed E-state index contributed by atoms with van der Waals surface area (Å²) in [4.78, 5) is 12.0. The molecule has 102 valence electrons. The maximum absolute atomic E-state index is 12.0. The van der Waals surface area contributed by atoms with E-state index in [1.165, 1.54) is 0 Å². The van der Waals surface area contributed by atoms with E-state index < -0.39 is 0 Å². The van der Waals surface area contributed by atoms with Crippen LogP contribution in [0.3, 0.4) is 0 Å². The van der Waals surface area contributed by atoms with Gasteiger partial charge in [-0.3, -0.25) is 0 Å². The first-order valence-corrected chi connectivity index (χ1v) is 6.41. The fourth-order valence-corrected chi connectivity index (χ4v) is 2.03. The van der Waals surface area contributed by atoms with Crippen molar-refractivity contribution in [1.29, 1.82) is 0 Å². The van der Waals surface area contributed by atoms with E-state index in [2.05, 4.69) is 0 Å². The molecule has 2 aromatic carbocycles. The molecule has 0 atom stereocenters. The minimum Gasteiger partial charge on any atom is -0.486 e. The zero-order valence-corrected chi connectivity index (χ0v) is 11.1. The summed E-state index contributed by atoms with van der Waals surface area (Å²) in [5, 5.41) is 0. The topological polar surface area (TPSA) is 44.8 Å².